The summed E-state index contributed by atoms with van der Waals surface area (Å²) in [4.78, 5) is 5.11. The van der Waals surface area contributed by atoms with Crippen molar-refractivity contribution < 1.29 is 4.74 Å². The molecule has 2 heterocycles. The number of hydrogen-bond acceptors (Lipinski definition) is 4. The Morgan fingerprint density at radius 1 is 1.19 bits per heavy atom. The van der Waals surface area contributed by atoms with Gasteiger partial charge in [0.25, 0.3) is 0 Å². The zero-order valence-corrected chi connectivity index (χ0v) is 14.5. The Morgan fingerprint density at radius 2 is 1.95 bits per heavy atom. The lowest BCUT2D eigenvalue weighted by molar-refractivity contribution is 0.0237. The first-order valence-electron chi connectivity index (χ1n) is 8.90. The van der Waals surface area contributed by atoms with Crippen LogP contribution >= 0.6 is 0 Å². The van der Waals surface area contributed by atoms with E-state index in [1.807, 2.05) is 0 Å². The number of nitrogens with one attached hydrogen (secondary N) is 1. The normalized spacial score (nSPS) is 30.9. The van der Waals surface area contributed by atoms with Gasteiger partial charge in [0.05, 0.1) is 12.2 Å². The molecule has 0 aromatic carbocycles. The summed E-state index contributed by atoms with van der Waals surface area (Å²) < 4.78 is 6.18. The van der Waals surface area contributed by atoms with Gasteiger partial charge in [-0.1, -0.05) is 20.8 Å². The minimum Gasteiger partial charge on any atom is -0.372 e. The number of hydrogen-bond donors (Lipinski definition) is 1. The zero-order valence-electron chi connectivity index (χ0n) is 14.5. The summed E-state index contributed by atoms with van der Waals surface area (Å²) in [6, 6.07) is 1.32. The second-order valence-corrected chi connectivity index (χ2v) is 7.17. The Bertz CT molecular complexity index is 298. The quantitative estimate of drug-likeness (QED) is 0.741. The van der Waals surface area contributed by atoms with Crippen molar-refractivity contribution in [2.45, 2.75) is 70.7 Å². The second kappa shape index (κ2) is 8.47. The van der Waals surface area contributed by atoms with Gasteiger partial charge in [-0.2, -0.15) is 0 Å². The van der Waals surface area contributed by atoms with E-state index in [-0.39, 0.29) is 0 Å². The molecule has 2 fully saturated rings. The molecule has 2 aliphatic heterocycles. The van der Waals surface area contributed by atoms with Crippen molar-refractivity contribution in [3.63, 3.8) is 0 Å². The van der Waals surface area contributed by atoms with Crippen LogP contribution in [-0.2, 0) is 4.74 Å². The summed E-state index contributed by atoms with van der Waals surface area (Å²) >= 11 is 0. The average molecular weight is 297 g/mol. The van der Waals surface area contributed by atoms with Crippen LogP contribution in [-0.4, -0.2) is 73.9 Å². The van der Waals surface area contributed by atoms with Crippen LogP contribution in [0.5, 0.6) is 0 Å². The molecule has 0 aromatic heterocycles. The molecular formula is C17H35N3O. The molecule has 4 heteroatoms. The fraction of sp³-hybridized carbons (Fsp3) is 1.00. The number of likely N-dealkylation sites (N-methyl/N-ethyl adjacent to an activating group) is 2. The Labute approximate surface area is 131 Å². The lowest BCUT2D eigenvalue weighted by Gasteiger charge is -2.29. The summed E-state index contributed by atoms with van der Waals surface area (Å²) in [6.07, 6.45) is 6.02. The van der Waals surface area contributed by atoms with Crippen LogP contribution in [0.1, 0.15) is 46.5 Å². The molecule has 2 rings (SSSR count). The van der Waals surface area contributed by atoms with E-state index in [2.05, 4.69) is 42.9 Å². The summed E-state index contributed by atoms with van der Waals surface area (Å²) in [5.41, 5.74) is 0. The minimum atomic E-state index is 0.421. The molecule has 0 spiro atoms. The third kappa shape index (κ3) is 5.51. The van der Waals surface area contributed by atoms with Crippen molar-refractivity contribution >= 4 is 0 Å². The van der Waals surface area contributed by atoms with Crippen LogP contribution in [0.25, 0.3) is 0 Å². The molecule has 2 saturated heterocycles. The molecule has 0 aliphatic carbocycles. The molecule has 124 valence electrons. The van der Waals surface area contributed by atoms with Crippen molar-refractivity contribution in [1.29, 1.82) is 0 Å². The van der Waals surface area contributed by atoms with Crippen LogP contribution in [0.3, 0.4) is 0 Å². The van der Waals surface area contributed by atoms with E-state index >= 15 is 0 Å². The van der Waals surface area contributed by atoms with Crippen LogP contribution < -0.4 is 5.32 Å². The van der Waals surface area contributed by atoms with Gasteiger partial charge in [0.2, 0.25) is 0 Å². The highest BCUT2D eigenvalue weighted by Gasteiger charge is 2.28. The van der Waals surface area contributed by atoms with Gasteiger partial charge in [0.1, 0.15) is 0 Å². The highest BCUT2D eigenvalue weighted by molar-refractivity contribution is 4.83. The Balaban J connectivity index is 1.65. The first-order chi connectivity index (χ1) is 10.1. The van der Waals surface area contributed by atoms with Gasteiger partial charge >= 0.3 is 0 Å². The summed E-state index contributed by atoms with van der Waals surface area (Å²) in [7, 11) is 2.26. The van der Waals surface area contributed by atoms with E-state index in [9.17, 15) is 0 Å². The third-order valence-electron chi connectivity index (χ3n) is 4.89. The molecule has 0 saturated carbocycles. The molecule has 3 unspecified atom stereocenters. The van der Waals surface area contributed by atoms with Crippen LogP contribution in [0.15, 0.2) is 0 Å². The maximum Gasteiger partial charge on any atom is 0.0707 e. The fourth-order valence-corrected chi connectivity index (χ4v) is 3.73. The maximum atomic E-state index is 6.18. The molecule has 4 nitrogen and oxygen atoms in total. The molecule has 0 amide bonds. The predicted molar refractivity (Wildman–Crippen MR) is 88.8 cm³/mol. The fourth-order valence-electron chi connectivity index (χ4n) is 3.73. The molecule has 0 aromatic rings. The van der Waals surface area contributed by atoms with Crippen LogP contribution in [0.4, 0.5) is 0 Å². The summed E-state index contributed by atoms with van der Waals surface area (Å²) in [6.45, 7) is 12.4. The second-order valence-electron chi connectivity index (χ2n) is 7.17. The third-order valence-corrected chi connectivity index (χ3v) is 4.89. The molecular weight excluding hydrogens is 262 g/mol. The monoisotopic (exact) mass is 297 g/mol. The van der Waals surface area contributed by atoms with Gasteiger partial charge in [-0.05, 0) is 45.8 Å². The number of likely N-dealkylation sites (tertiary alicyclic amines) is 1. The lowest BCUT2D eigenvalue weighted by atomic mass is 10.1. The lowest BCUT2D eigenvalue weighted by Crippen LogP contribution is -2.41. The maximum absolute atomic E-state index is 6.18. The van der Waals surface area contributed by atoms with Crippen molar-refractivity contribution in [1.82, 2.24) is 15.1 Å². The largest absolute Gasteiger partial charge is 0.372 e. The molecule has 0 radical (unpaired) electrons. The van der Waals surface area contributed by atoms with Gasteiger partial charge in [-0.15, -0.1) is 0 Å². The van der Waals surface area contributed by atoms with E-state index in [4.69, 9.17) is 4.74 Å². The Kier molecular flexibility index (Phi) is 6.93. The first-order valence-corrected chi connectivity index (χ1v) is 8.90. The predicted octanol–water partition coefficient (Wildman–Crippen LogP) is 1.95. The summed E-state index contributed by atoms with van der Waals surface area (Å²) in [5, 5.41) is 3.49. The standard InChI is InChI=1S/C17H35N3O/c1-5-20-10-6-7-15(20)12-19(4)13-17-9-8-16(21-17)11-18-14(2)3/h14-18H,5-13H2,1-4H3. The molecule has 21 heavy (non-hydrogen) atoms. The average Bonchev–Trinajstić information content (AvgIpc) is 3.05. The number of nitrogens with zero attached hydrogens (tertiary/aromatic N) is 2. The van der Waals surface area contributed by atoms with Gasteiger partial charge in [0, 0.05) is 31.7 Å². The smallest absolute Gasteiger partial charge is 0.0707 e. The van der Waals surface area contributed by atoms with Gasteiger partial charge in [-0.25, -0.2) is 0 Å². The van der Waals surface area contributed by atoms with Crippen molar-refractivity contribution in [2.75, 3.05) is 39.8 Å². The van der Waals surface area contributed by atoms with E-state index < -0.39 is 0 Å². The van der Waals surface area contributed by atoms with Crippen molar-refractivity contribution in [2.24, 2.45) is 0 Å². The topological polar surface area (TPSA) is 27.7 Å². The molecule has 0 bridgehead atoms. The van der Waals surface area contributed by atoms with Crippen molar-refractivity contribution in [3.8, 4) is 0 Å². The van der Waals surface area contributed by atoms with Crippen LogP contribution in [0.2, 0.25) is 0 Å². The van der Waals surface area contributed by atoms with Gasteiger partial charge in [0.15, 0.2) is 0 Å². The van der Waals surface area contributed by atoms with Crippen LogP contribution in [0, 0.1) is 0 Å². The van der Waals surface area contributed by atoms with E-state index in [0.29, 0.717) is 18.2 Å². The molecule has 1 N–H and O–H groups in total. The highest BCUT2D eigenvalue weighted by Crippen LogP contribution is 2.21. The number of ether oxygens (including phenoxy) is 1. The Morgan fingerprint density at radius 3 is 2.67 bits per heavy atom. The highest BCUT2D eigenvalue weighted by atomic mass is 16.5. The summed E-state index contributed by atoms with van der Waals surface area (Å²) in [5.74, 6) is 0. The van der Waals surface area contributed by atoms with Gasteiger partial charge in [-0.3, -0.25) is 4.90 Å². The van der Waals surface area contributed by atoms with Gasteiger partial charge < -0.3 is 15.0 Å². The first kappa shape index (κ1) is 17.2. The van der Waals surface area contributed by atoms with E-state index in [0.717, 1.165) is 19.1 Å². The SMILES string of the molecule is CCN1CCCC1CN(C)CC1CCC(CNC(C)C)O1. The molecule has 2 aliphatic rings. The zero-order chi connectivity index (χ0) is 15.2. The Hall–Kier alpha value is -0.160. The number of rotatable bonds is 8. The van der Waals surface area contributed by atoms with Crippen molar-refractivity contribution in [3.05, 3.63) is 0 Å². The molecule has 3 atom stereocenters. The van der Waals surface area contributed by atoms with E-state index in [1.54, 1.807) is 0 Å². The minimum absolute atomic E-state index is 0.421. The van der Waals surface area contributed by atoms with E-state index in [1.165, 1.54) is 45.3 Å².